The maximum atomic E-state index is 13.3. The van der Waals surface area contributed by atoms with Gasteiger partial charge < -0.3 is 10.1 Å². The molecule has 1 aliphatic heterocycles. The van der Waals surface area contributed by atoms with Crippen molar-refractivity contribution < 1.29 is 9.13 Å². The average molecular weight is 209 g/mol. The molecule has 2 rings (SSSR count). The summed E-state index contributed by atoms with van der Waals surface area (Å²) >= 11 is 0. The van der Waals surface area contributed by atoms with Crippen LogP contribution in [0.1, 0.15) is 18.9 Å². The first-order valence-corrected chi connectivity index (χ1v) is 5.36. The highest BCUT2D eigenvalue weighted by Gasteiger charge is 2.23. The first-order chi connectivity index (χ1) is 7.27. The van der Waals surface area contributed by atoms with E-state index in [2.05, 4.69) is 5.32 Å². The number of nitrogens with one attached hydrogen (secondary N) is 1. The molecular formula is C12H16FNO. The first-order valence-electron chi connectivity index (χ1n) is 5.36. The fourth-order valence-electron chi connectivity index (χ4n) is 1.88. The second-order valence-electron chi connectivity index (χ2n) is 3.94. The van der Waals surface area contributed by atoms with E-state index in [1.807, 2.05) is 19.1 Å². The van der Waals surface area contributed by atoms with Crippen molar-refractivity contribution in [3.05, 3.63) is 35.6 Å². The van der Waals surface area contributed by atoms with Crippen molar-refractivity contribution in [2.75, 3.05) is 6.61 Å². The van der Waals surface area contributed by atoms with E-state index in [0.717, 1.165) is 18.6 Å². The van der Waals surface area contributed by atoms with E-state index in [0.29, 0.717) is 12.6 Å². The molecule has 0 radical (unpaired) electrons. The molecule has 15 heavy (non-hydrogen) atoms. The minimum Gasteiger partial charge on any atom is -0.377 e. The summed E-state index contributed by atoms with van der Waals surface area (Å²) < 4.78 is 18.7. The van der Waals surface area contributed by atoms with Crippen molar-refractivity contribution in [2.45, 2.75) is 32.0 Å². The van der Waals surface area contributed by atoms with Gasteiger partial charge in [0.05, 0.1) is 6.10 Å². The molecular weight excluding hydrogens is 193 g/mol. The predicted molar refractivity (Wildman–Crippen MR) is 57.1 cm³/mol. The Bertz CT molecular complexity index is 329. The standard InChI is InChI=1S/C12H16FNO/c1-9-12(6-7-15-9)14-8-10-4-2-3-5-11(10)13/h2-5,9,12,14H,6-8H2,1H3/t9-,12+/m1/s1. The van der Waals surface area contributed by atoms with Crippen molar-refractivity contribution in [1.29, 1.82) is 0 Å². The smallest absolute Gasteiger partial charge is 0.127 e. The van der Waals surface area contributed by atoms with Crippen LogP contribution in [0.2, 0.25) is 0 Å². The van der Waals surface area contributed by atoms with Gasteiger partial charge in [-0.05, 0) is 19.4 Å². The van der Waals surface area contributed by atoms with Crippen LogP contribution in [0.15, 0.2) is 24.3 Å². The quantitative estimate of drug-likeness (QED) is 0.823. The number of hydrogen-bond acceptors (Lipinski definition) is 2. The van der Waals surface area contributed by atoms with Gasteiger partial charge >= 0.3 is 0 Å². The molecule has 2 nitrogen and oxygen atoms in total. The summed E-state index contributed by atoms with van der Waals surface area (Å²) in [6.07, 6.45) is 1.24. The molecule has 0 saturated carbocycles. The van der Waals surface area contributed by atoms with E-state index in [1.165, 1.54) is 6.07 Å². The van der Waals surface area contributed by atoms with Crippen LogP contribution in [0.25, 0.3) is 0 Å². The summed E-state index contributed by atoms with van der Waals surface area (Å²) in [6, 6.07) is 7.22. The third kappa shape index (κ3) is 2.55. The van der Waals surface area contributed by atoms with Crippen LogP contribution >= 0.6 is 0 Å². The highest BCUT2D eigenvalue weighted by Crippen LogP contribution is 2.14. The van der Waals surface area contributed by atoms with Crippen LogP contribution in [-0.4, -0.2) is 18.8 Å². The highest BCUT2D eigenvalue weighted by molar-refractivity contribution is 5.17. The lowest BCUT2D eigenvalue weighted by atomic mass is 10.1. The predicted octanol–water partition coefficient (Wildman–Crippen LogP) is 2.09. The number of rotatable bonds is 3. The van der Waals surface area contributed by atoms with E-state index in [9.17, 15) is 4.39 Å². The van der Waals surface area contributed by atoms with Crippen LogP contribution in [0.3, 0.4) is 0 Å². The number of hydrogen-bond donors (Lipinski definition) is 1. The Hall–Kier alpha value is -0.930. The molecule has 1 N–H and O–H groups in total. The van der Waals surface area contributed by atoms with Crippen LogP contribution in [0.4, 0.5) is 4.39 Å². The zero-order valence-corrected chi connectivity index (χ0v) is 8.87. The molecule has 1 aromatic carbocycles. The fourth-order valence-corrected chi connectivity index (χ4v) is 1.88. The van der Waals surface area contributed by atoms with Gasteiger partial charge in [-0.2, -0.15) is 0 Å². The lowest BCUT2D eigenvalue weighted by molar-refractivity contribution is 0.113. The van der Waals surface area contributed by atoms with Gasteiger partial charge in [-0.3, -0.25) is 0 Å². The number of halogens is 1. The molecule has 3 heteroatoms. The summed E-state index contributed by atoms with van der Waals surface area (Å²) in [5, 5.41) is 3.32. The Kier molecular flexibility index (Phi) is 3.34. The summed E-state index contributed by atoms with van der Waals surface area (Å²) in [5.74, 6) is -0.142. The molecule has 0 unspecified atom stereocenters. The van der Waals surface area contributed by atoms with Gasteiger partial charge in [0.15, 0.2) is 0 Å². The zero-order chi connectivity index (χ0) is 10.7. The molecule has 82 valence electrons. The van der Waals surface area contributed by atoms with Crippen molar-refractivity contribution in [3.8, 4) is 0 Å². The number of benzene rings is 1. The Labute approximate surface area is 89.4 Å². The molecule has 1 aliphatic rings. The molecule has 2 atom stereocenters. The minimum absolute atomic E-state index is 0.142. The minimum atomic E-state index is -0.142. The summed E-state index contributed by atoms with van der Waals surface area (Å²) in [6.45, 7) is 3.42. The molecule has 0 aromatic heterocycles. The SMILES string of the molecule is C[C@H]1OCC[C@@H]1NCc1ccccc1F. The fraction of sp³-hybridized carbons (Fsp3) is 0.500. The molecule has 1 heterocycles. The maximum absolute atomic E-state index is 13.3. The zero-order valence-electron chi connectivity index (χ0n) is 8.87. The van der Waals surface area contributed by atoms with Gasteiger partial charge in [0.2, 0.25) is 0 Å². The Morgan fingerprint density at radius 1 is 1.47 bits per heavy atom. The van der Waals surface area contributed by atoms with Crippen LogP contribution in [0, 0.1) is 5.82 Å². The van der Waals surface area contributed by atoms with Crippen LogP contribution in [-0.2, 0) is 11.3 Å². The Morgan fingerprint density at radius 3 is 2.93 bits per heavy atom. The molecule has 1 fully saturated rings. The maximum Gasteiger partial charge on any atom is 0.127 e. The molecule has 1 saturated heterocycles. The monoisotopic (exact) mass is 209 g/mol. The van der Waals surface area contributed by atoms with E-state index >= 15 is 0 Å². The second kappa shape index (κ2) is 4.73. The lowest BCUT2D eigenvalue weighted by Crippen LogP contribution is -2.34. The van der Waals surface area contributed by atoms with Gasteiger partial charge in [-0.15, -0.1) is 0 Å². The van der Waals surface area contributed by atoms with Crippen molar-refractivity contribution in [1.82, 2.24) is 5.32 Å². The highest BCUT2D eigenvalue weighted by atomic mass is 19.1. The topological polar surface area (TPSA) is 21.3 Å². The van der Waals surface area contributed by atoms with Crippen molar-refractivity contribution in [2.24, 2.45) is 0 Å². The van der Waals surface area contributed by atoms with E-state index < -0.39 is 0 Å². The molecule has 0 bridgehead atoms. The second-order valence-corrected chi connectivity index (χ2v) is 3.94. The number of ether oxygens (including phenoxy) is 1. The molecule has 0 aliphatic carbocycles. The van der Waals surface area contributed by atoms with E-state index in [4.69, 9.17) is 4.74 Å². The summed E-state index contributed by atoms with van der Waals surface area (Å²) in [7, 11) is 0. The molecule has 1 aromatic rings. The van der Waals surface area contributed by atoms with Gasteiger partial charge in [-0.25, -0.2) is 4.39 Å². The normalized spacial score (nSPS) is 25.7. The Balaban J connectivity index is 1.90. The van der Waals surface area contributed by atoms with Gasteiger partial charge in [0.1, 0.15) is 5.82 Å². The molecule has 0 amide bonds. The van der Waals surface area contributed by atoms with Gasteiger partial charge in [0, 0.05) is 24.8 Å². The summed E-state index contributed by atoms with van der Waals surface area (Å²) in [5.41, 5.74) is 0.719. The van der Waals surface area contributed by atoms with E-state index in [-0.39, 0.29) is 11.9 Å². The van der Waals surface area contributed by atoms with Crippen LogP contribution in [0.5, 0.6) is 0 Å². The first kappa shape index (κ1) is 10.6. The van der Waals surface area contributed by atoms with Crippen LogP contribution < -0.4 is 5.32 Å². The third-order valence-electron chi connectivity index (χ3n) is 2.89. The average Bonchev–Trinajstić information content (AvgIpc) is 2.63. The van der Waals surface area contributed by atoms with Gasteiger partial charge in [0.25, 0.3) is 0 Å². The summed E-state index contributed by atoms with van der Waals surface area (Å²) in [4.78, 5) is 0. The van der Waals surface area contributed by atoms with Crippen molar-refractivity contribution in [3.63, 3.8) is 0 Å². The largest absolute Gasteiger partial charge is 0.377 e. The third-order valence-corrected chi connectivity index (χ3v) is 2.89. The van der Waals surface area contributed by atoms with Crippen molar-refractivity contribution >= 4 is 0 Å². The lowest BCUT2D eigenvalue weighted by Gasteiger charge is -2.16. The molecule has 0 spiro atoms. The Morgan fingerprint density at radius 2 is 2.27 bits per heavy atom. The van der Waals surface area contributed by atoms with E-state index in [1.54, 1.807) is 6.07 Å². The van der Waals surface area contributed by atoms with Gasteiger partial charge in [-0.1, -0.05) is 18.2 Å².